The zero-order valence-corrected chi connectivity index (χ0v) is 16.3. The predicted octanol–water partition coefficient (Wildman–Crippen LogP) is 3.14. The van der Waals surface area contributed by atoms with E-state index in [0.29, 0.717) is 38.2 Å². The van der Waals surface area contributed by atoms with Crippen molar-refractivity contribution in [3.63, 3.8) is 0 Å². The van der Waals surface area contributed by atoms with Crippen LogP contribution in [0.5, 0.6) is 11.5 Å². The zero-order chi connectivity index (χ0) is 19.7. The highest BCUT2D eigenvalue weighted by atomic mass is 32.2. The summed E-state index contributed by atoms with van der Waals surface area (Å²) in [5.74, 6) is 0.860. The average molecular weight is 392 g/mol. The van der Waals surface area contributed by atoms with Gasteiger partial charge in [-0.25, -0.2) is 0 Å². The largest absolute Gasteiger partial charge is 0.493 e. The minimum absolute atomic E-state index is 0.189. The van der Waals surface area contributed by atoms with E-state index < -0.39 is 10.1 Å². The van der Waals surface area contributed by atoms with Gasteiger partial charge in [0.2, 0.25) is 0 Å². The fourth-order valence-corrected chi connectivity index (χ4v) is 2.87. The maximum atomic E-state index is 11.4. The first-order chi connectivity index (χ1) is 12.9. The Hall–Kier alpha value is -2.54. The summed E-state index contributed by atoms with van der Waals surface area (Å²) in [5, 5.41) is 0. The second-order valence-electron chi connectivity index (χ2n) is 5.98. The Bertz CT molecular complexity index is 826. The van der Waals surface area contributed by atoms with E-state index in [4.69, 9.17) is 13.7 Å². The second kappa shape index (κ2) is 9.97. The third-order valence-electron chi connectivity index (χ3n) is 3.68. The standard InChI is InChI=1S/C20H24O6S/c1-3-24-20(21)13-8-16-4-9-18(10-5-16)25-15-14-17-6-11-19(12-7-17)26-27(2,22)23/h4-7,9-12H,3,8,13-15H2,1-2H3. The van der Waals surface area contributed by atoms with Crippen LogP contribution in [0.1, 0.15) is 24.5 Å². The van der Waals surface area contributed by atoms with E-state index in [1.807, 2.05) is 36.4 Å². The Kier molecular flexibility index (Phi) is 7.67. The Balaban J connectivity index is 1.76. The molecule has 0 heterocycles. The van der Waals surface area contributed by atoms with Crippen LogP contribution in [0.25, 0.3) is 0 Å². The number of carbonyl (C=O) groups is 1. The Labute approximate surface area is 160 Å². The van der Waals surface area contributed by atoms with Crippen molar-refractivity contribution in [3.05, 3.63) is 59.7 Å². The maximum absolute atomic E-state index is 11.4. The minimum atomic E-state index is -3.51. The lowest BCUT2D eigenvalue weighted by Crippen LogP contribution is -2.06. The van der Waals surface area contributed by atoms with Gasteiger partial charge in [0.05, 0.1) is 19.5 Å². The van der Waals surface area contributed by atoms with Crippen molar-refractivity contribution in [2.75, 3.05) is 19.5 Å². The summed E-state index contributed by atoms with van der Waals surface area (Å²) in [6.07, 6.45) is 2.70. The van der Waals surface area contributed by atoms with Gasteiger partial charge in [0, 0.05) is 12.8 Å². The number of hydrogen-bond acceptors (Lipinski definition) is 6. The van der Waals surface area contributed by atoms with Gasteiger partial charge in [0.1, 0.15) is 11.5 Å². The number of esters is 1. The van der Waals surface area contributed by atoms with Gasteiger partial charge >= 0.3 is 16.1 Å². The van der Waals surface area contributed by atoms with Crippen LogP contribution in [0, 0.1) is 0 Å². The van der Waals surface area contributed by atoms with E-state index in [1.54, 1.807) is 19.1 Å². The maximum Gasteiger partial charge on any atom is 0.306 e. The molecule has 2 aromatic carbocycles. The number of ether oxygens (including phenoxy) is 2. The number of hydrogen-bond donors (Lipinski definition) is 0. The molecule has 7 heteroatoms. The van der Waals surface area contributed by atoms with Gasteiger partial charge in [-0.3, -0.25) is 4.79 Å². The fraction of sp³-hybridized carbons (Fsp3) is 0.350. The number of carbonyl (C=O) groups excluding carboxylic acids is 1. The van der Waals surface area contributed by atoms with Crippen LogP contribution in [0.15, 0.2) is 48.5 Å². The van der Waals surface area contributed by atoms with E-state index in [0.717, 1.165) is 23.1 Å². The first kappa shape index (κ1) is 20.8. The van der Waals surface area contributed by atoms with E-state index in [-0.39, 0.29) is 5.97 Å². The number of rotatable bonds is 10. The van der Waals surface area contributed by atoms with Gasteiger partial charge in [-0.1, -0.05) is 24.3 Å². The SMILES string of the molecule is CCOC(=O)CCc1ccc(OCCc2ccc(OS(C)(=O)=O)cc2)cc1. The first-order valence-corrected chi connectivity index (χ1v) is 10.5. The Morgan fingerprint density at radius 1 is 0.889 bits per heavy atom. The van der Waals surface area contributed by atoms with Gasteiger partial charge in [0.25, 0.3) is 0 Å². The van der Waals surface area contributed by atoms with Crippen LogP contribution in [-0.2, 0) is 32.5 Å². The average Bonchev–Trinajstić information content (AvgIpc) is 2.61. The molecule has 0 N–H and O–H groups in total. The topological polar surface area (TPSA) is 78.9 Å². The molecule has 0 amide bonds. The zero-order valence-electron chi connectivity index (χ0n) is 15.5. The Morgan fingerprint density at radius 2 is 1.44 bits per heavy atom. The summed E-state index contributed by atoms with van der Waals surface area (Å²) in [6.45, 7) is 2.69. The Morgan fingerprint density at radius 3 is 2.00 bits per heavy atom. The third-order valence-corrected chi connectivity index (χ3v) is 4.17. The molecule has 0 saturated carbocycles. The fourth-order valence-electron chi connectivity index (χ4n) is 2.41. The highest BCUT2D eigenvalue weighted by molar-refractivity contribution is 7.86. The lowest BCUT2D eigenvalue weighted by molar-refractivity contribution is -0.143. The van der Waals surface area contributed by atoms with Crippen LogP contribution in [-0.4, -0.2) is 33.9 Å². The van der Waals surface area contributed by atoms with Crippen molar-refractivity contribution in [1.29, 1.82) is 0 Å². The molecule has 0 spiro atoms. The summed E-state index contributed by atoms with van der Waals surface area (Å²) in [4.78, 5) is 11.4. The molecular formula is C20H24O6S. The van der Waals surface area contributed by atoms with Gasteiger partial charge in [-0.2, -0.15) is 8.42 Å². The van der Waals surface area contributed by atoms with Crippen LogP contribution in [0.3, 0.4) is 0 Å². The predicted molar refractivity (Wildman–Crippen MR) is 103 cm³/mol. The molecule has 0 aliphatic heterocycles. The van der Waals surface area contributed by atoms with Crippen molar-refractivity contribution in [3.8, 4) is 11.5 Å². The highest BCUT2D eigenvalue weighted by Crippen LogP contribution is 2.16. The molecular weight excluding hydrogens is 368 g/mol. The summed E-state index contributed by atoms with van der Waals surface area (Å²) in [6, 6.07) is 14.5. The lowest BCUT2D eigenvalue weighted by Gasteiger charge is -2.08. The van der Waals surface area contributed by atoms with Gasteiger partial charge < -0.3 is 13.7 Å². The molecule has 0 radical (unpaired) electrons. The van der Waals surface area contributed by atoms with Crippen molar-refractivity contribution >= 4 is 16.1 Å². The molecule has 2 aromatic rings. The lowest BCUT2D eigenvalue weighted by atomic mass is 10.1. The van der Waals surface area contributed by atoms with Crippen molar-refractivity contribution in [2.45, 2.75) is 26.2 Å². The van der Waals surface area contributed by atoms with Crippen LogP contribution < -0.4 is 8.92 Å². The van der Waals surface area contributed by atoms with Crippen molar-refractivity contribution < 1.29 is 26.9 Å². The molecule has 0 fully saturated rings. The van der Waals surface area contributed by atoms with Crippen LogP contribution >= 0.6 is 0 Å². The molecule has 6 nitrogen and oxygen atoms in total. The third kappa shape index (κ3) is 8.13. The molecule has 0 atom stereocenters. The van der Waals surface area contributed by atoms with E-state index in [9.17, 15) is 13.2 Å². The van der Waals surface area contributed by atoms with Gasteiger partial charge in [-0.15, -0.1) is 0 Å². The quantitative estimate of drug-likeness (QED) is 0.457. The molecule has 0 bridgehead atoms. The van der Waals surface area contributed by atoms with Gasteiger partial charge in [0.15, 0.2) is 0 Å². The molecule has 2 rings (SSSR count). The molecule has 0 aliphatic carbocycles. The molecule has 146 valence electrons. The van der Waals surface area contributed by atoms with E-state index in [1.165, 1.54) is 0 Å². The second-order valence-corrected chi connectivity index (χ2v) is 7.55. The highest BCUT2D eigenvalue weighted by Gasteiger charge is 2.05. The van der Waals surface area contributed by atoms with Crippen LogP contribution in [0.4, 0.5) is 0 Å². The molecule has 0 aromatic heterocycles. The van der Waals surface area contributed by atoms with Gasteiger partial charge in [-0.05, 0) is 48.7 Å². The summed E-state index contributed by atoms with van der Waals surface area (Å²) >= 11 is 0. The monoisotopic (exact) mass is 392 g/mol. The molecule has 0 aliphatic rings. The number of aryl methyl sites for hydroxylation is 1. The summed E-state index contributed by atoms with van der Waals surface area (Å²) < 4.78 is 37.6. The molecule has 27 heavy (non-hydrogen) atoms. The van der Waals surface area contributed by atoms with E-state index in [2.05, 4.69) is 0 Å². The minimum Gasteiger partial charge on any atom is -0.493 e. The first-order valence-electron chi connectivity index (χ1n) is 8.71. The summed E-state index contributed by atoms with van der Waals surface area (Å²) in [7, 11) is -3.51. The normalized spacial score (nSPS) is 11.0. The van der Waals surface area contributed by atoms with Crippen molar-refractivity contribution in [2.24, 2.45) is 0 Å². The molecule has 0 unspecified atom stereocenters. The van der Waals surface area contributed by atoms with Crippen LogP contribution in [0.2, 0.25) is 0 Å². The molecule has 0 saturated heterocycles. The van der Waals surface area contributed by atoms with Crippen molar-refractivity contribution in [1.82, 2.24) is 0 Å². The smallest absolute Gasteiger partial charge is 0.306 e. The number of benzene rings is 2. The summed E-state index contributed by atoms with van der Waals surface area (Å²) in [5.41, 5.74) is 2.07. The van der Waals surface area contributed by atoms with E-state index >= 15 is 0 Å².